The molecule has 6 rings (SSSR count). The van der Waals surface area contributed by atoms with E-state index in [1.807, 2.05) is 0 Å². The molecule has 11 N–H and O–H groups in total. The quantitative estimate of drug-likeness (QED) is 0.104. The normalized spacial score (nSPS) is 36.3. The predicted octanol–water partition coefficient (Wildman–Crippen LogP) is -2.92. The molecule has 3 aliphatic rings. The maximum atomic E-state index is 14.0. The van der Waals surface area contributed by atoms with Crippen molar-refractivity contribution in [1.82, 2.24) is 0 Å². The number of aliphatic hydroxyl groups is 8. The Morgan fingerprint density at radius 2 is 1.49 bits per heavy atom. The van der Waals surface area contributed by atoms with Crippen LogP contribution in [0.4, 0.5) is 0 Å². The van der Waals surface area contributed by atoms with Gasteiger partial charge >= 0.3 is 0 Å². The van der Waals surface area contributed by atoms with Crippen molar-refractivity contribution in [3.8, 4) is 40.1 Å². The second-order valence-electron chi connectivity index (χ2n) is 12.8. The van der Waals surface area contributed by atoms with Crippen molar-refractivity contribution in [3.63, 3.8) is 0 Å². The van der Waals surface area contributed by atoms with Crippen LogP contribution >= 0.6 is 0 Å². The second kappa shape index (κ2) is 15.5. The van der Waals surface area contributed by atoms with Crippen molar-refractivity contribution in [3.05, 3.63) is 40.6 Å². The minimum atomic E-state index is -2.06. The highest BCUT2D eigenvalue weighted by Gasteiger charge is 2.51. The first-order valence-corrected chi connectivity index (χ1v) is 16.3. The summed E-state index contributed by atoms with van der Waals surface area (Å²) in [5.41, 5.74) is -1.29. The Morgan fingerprint density at radius 3 is 2.21 bits per heavy atom. The van der Waals surface area contributed by atoms with Gasteiger partial charge in [0.05, 0.1) is 26.4 Å². The van der Waals surface area contributed by atoms with E-state index < -0.39 is 127 Å². The molecule has 2 aromatic carbocycles. The van der Waals surface area contributed by atoms with Crippen LogP contribution in [0.3, 0.4) is 0 Å². The standard InChI is InChI=1S/C33H40O20/c1-10-20(38)24(42)26(44)31(49-10)48-9-18-22(40)29(52-32-25(43)21(39)15(37)8-47-32)27(45)33(51-18)53-30-23(41)19-14(36)6-12(34)7-17(19)50-28(30)11-3-4-13(35)16(5-11)46-2/h3-7,10,15,18,20-22,24-27,29,31-40,42-45H,8-9H2,1-2H3. The number of rotatable bonds is 9. The molecule has 0 bridgehead atoms. The fourth-order valence-corrected chi connectivity index (χ4v) is 6.19. The van der Waals surface area contributed by atoms with Crippen LogP contribution < -0.4 is 14.9 Å². The van der Waals surface area contributed by atoms with Crippen molar-refractivity contribution in [2.24, 2.45) is 0 Å². The van der Waals surface area contributed by atoms with Gasteiger partial charge in [-0.15, -0.1) is 0 Å². The molecule has 3 aromatic rings. The fraction of sp³-hybridized carbons (Fsp3) is 0.545. The van der Waals surface area contributed by atoms with Gasteiger partial charge in [-0.2, -0.15) is 0 Å². The maximum Gasteiger partial charge on any atom is 0.239 e. The highest BCUT2D eigenvalue weighted by atomic mass is 16.7. The predicted molar refractivity (Wildman–Crippen MR) is 172 cm³/mol. The van der Waals surface area contributed by atoms with E-state index in [2.05, 4.69) is 0 Å². The van der Waals surface area contributed by atoms with E-state index in [0.29, 0.717) is 0 Å². The van der Waals surface area contributed by atoms with E-state index in [1.54, 1.807) is 0 Å². The number of fused-ring (bicyclic) bond motifs is 1. The molecular weight excluding hydrogens is 716 g/mol. The summed E-state index contributed by atoms with van der Waals surface area (Å²) < 4.78 is 45.0. The summed E-state index contributed by atoms with van der Waals surface area (Å²) in [6.45, 7) is 0.210. The molecule has 14 unspecified atom stereocenters. The summed E-state index contributed by atoms with van der Waals surface area (Å²) in [5.74, 6) is -2.59. The Labute approximate surface area is 298 Å². The monoisotopic (exact) mass is 756 g/mol. The van der Waals surface area contributed by atoms with Gasteiger partial charge in [0.2, 0.25) is 17.5 Å². The first-order valence-electron chi connectivity index (χ1n) is 16.3. The zero-order chi connectivity index (χ0) is 38.5. The van der Waals surface area contributed by atoms with Crippen LogP contribution in [0.2, 0.25) is 0 Å². The van der Waals surface area contributed by atoms with Gasteiger partial charge in [0.15, 0.2) is 29.8 Å². The van der Waals surface area contributed by atoms with Gasteiger partial charge in [-0.1, -0.05) is 0 Å². The molecule has 20 nitrogen and oxygen atoms in total. The molecule has 0 radical (unpaired) electrons. The molecule has 3 saturated heterocycles. The van der Waals surface area contributed by atoms with Crippen LogP contribution in [0.5, 0.6) is 28.7 Å². The van der Waals surface area contributed by atoms with E-state index in [9.17, 15) is 61.0 Å². The molecule has 1 aromatic heterocycles. The van der Waals surface area contributed by atoms with E-state index in [4.69, 9.17) is 37.6 Å². The molecule has 3 fully saturated rings. The molecule has 20 heteroatoms. The number of aromatic hydroxyl groups is 3. The van der Waals surface area contributed by atoms with Crippen LogP contribution in [0.1, 0.15) is 6.92 Å². The molecular formula is C33H40O20. The lowest BCUT2D eigenvalue weighted by Gasteiger charge is -2.45. The molecule has 0 amide bonds. The van der Waals surface area contributed by atoms with Crippen LogP contribution in [0, 0.1) is 0 Å². The first-order chi connectivity index (χ1) is 25.1. The van der Waals surface area contributed by atoms with E-state index >= 15 is 0 Å². The summed E-state index contributed by atoms with van der Waals surface area (Å²) in [5, 5.41) is 115. The first kappa shape index (κ1) is 38.8. The van der Waals surface area contributed by atoms with Crippen molar-refractivity contribution < 1.29 is 93.7 Å². The zero-order valence-electron chi connectivity index (χ0n) is 28.0. The van der Waals surface area contributed by atoms with Gasteiger partial charge in [-0.3, -0.25) is 4.79 Å². The lowest BCUT2D eigenvalue weighted by molar-refractivity contribution is -0.348. The highest BCUT2D eigenvalue weighted by Crippen LogP contribution is 2.40. The van der Waals surface area contributed by atoms with Gasteiger partial charge in [-0.25, -0.2) is 0 Å². The van der Waals surface area contributed by atoms with E-state index in [0.717, 1.165) is 12.1 Å². The highest BCUT2D eigenvalue weighted by molar-refractivity contribution is 5.88. The minimum Gasteiger partial charge on any atom is -0.508 e. The van der Waals surface area contributed by atoms with Crippen LogP contribution in [-0.4, -0.2) is 163 Å². The lowest BCUT2D eigenvalue weighted by Crippen LogP contribution is -2.64. The third-order valence-electron chi connectivity index (χ3n) is 9.21. The van der Waals surface area contributed by atoms with Gasteiger partial charge in [-0.05, 0) is 25.1 Å². The Bertz CT molecular complexity index is 1820. The van der Waals surface area contributed by atoms with Crippen LogP contribution in [-0.2, 0) is 23.7 Å². The number of ether oxygens (including phenoxy) is 7. The fourth-order valence-electron chi connectivity index (χ4n) is 6.19. The van der Waals surface area contributed by atoms with E-state index in [1.165, 1.54) is 32.2 Å². The van der Waals surface area contributed by atoms with Crippen molar-refractivity contribution in [2.75, 3.05) is 20.3 Å². The third-order valence-corrected chi connectivity index (χ3v) is 9.21. The second-order valence-corrected chi connectivity index (χ2v) is 12.8. The van der Waals surface area contributed by atoms with Crippen LogP contribution in [0.15, 0.2) is 39.5 Å². The number of hydrogen-bond donors (Lipinski definition) is 11. The Balaban J connectivity index is 1.38. The van der Waals surface area contributed by atoms with Gasteiger partial charge in [0, 0.05) is 17.7 Å². The number of aliphatic hydroxyl groups excluding tert-OH is 8. The molecule has 0 saturated carbocycles. The average Bonchev–Trinajstić information content (AvgIpc) is 3.12. The summed E-state index contributed by atoms with van der Waals surface area (Å²) in [7, 11) is 1.26. The maximum absolute atomic E-state index is 14.0. The average molecular weight is 757 g/mol. The molecule has 14 atom stereocenters. The lowest BCUT2D eigenvalue weighted by atomic mass is 9.97. The third kappa shape index (κ3) is 7.47. The summed E-state index contributed by atoms with van der Waals surface area (Å²) in [6, 6.07) is 5.70. The Kier molecular flexibility index (Phi) is 11.3. The van der Waals surface area contributed by atoms with Crippen molar-refractivity contribution in [2.45, 2.75) is 92.9 Å². The number of benzene rings is 2. The Hall–Kier alpha value is -3.87. The number of methoxy groups -OCH3 is 1. The smallest absolute Gasteiger partial charge is 0.239 e. The minimum absolute atomic E-state index is 0.0547. The topological polar surface area (TPSA) is 317 Å². The molecule has 4 heterocycles. The zero-order valence-corrected chi connectivity index (χ0v) is 28.0. The van der Waals surface area contributed by atoms with Crippen molar-refractivity contribution in [1.29, 1.82) is 0 Å². The van der Waals surface area contributed by atoms with Gasteiger partial charge in [0.25, 0.3) is 0 Å². The largest absolute Gasteiger partial charge is 0.508 e. The number of hydrogen-bond acceptors (Lipinski definition) is 20. The summed E-state index contributed by atoms with van der Waals surface area (Å²) in [6.07, 6.45) is -23.7. The number of phenols is 3. The Morgan fingerprint density at radius 1 is 0.774 bits per heavy atom. The molecule has 0 aliphatic carbocycles. The van der Waals surface area contributed by atoms with E-state index in [-0.39, 0.29) is 28.4 Å². The summed E-state index contributed by atoms with van der Waals surface area (Å²) >= 11 is 0. The van der Waals surface area contributed by atoms with Crippen molar-refractivity contribution >= 4 is 11.0 Å². The SMILES string of the molecule is COc1cc(-c2oc3cc(O)cc(O)c3c(=O)c2OC2OC(COC3OC(C)C(O)C(O)C3O)C(O)C(OC3OCC(O)C(O)C3O)C2O)ccc1O. The number of phenolic OH excluding ortho intramolecular Hbond substituents is 3. The molecule has 292 valence electrons. The molecule has 53 heavy (non-hydrogen) atoms. The molecule has 3 aliphatic heterocycles. The van der Waals surface area contributed by atoms with Crippen LogP contribution in [0.25, 0.3) is 22.3 Å². The molecule has 0 spiro atoms. The van der Waals surface area contributed by atoms with Gasteiger partial charge < -0.3 is 93.7 Å². The van der Waals surface area contributed by atoms with Gasteiger partial charge in [0.1, 0.15) is 83.5 Å². The summed E-state index contributed by atoms with van der Waals surface area (Å²) in [4.78, 5) is 14.0.